The molecule has 0 spiro atoms. The molecule has 0 aliphatic heterocycles. The molecule has 3 nitrogen and oxygen atoms in total. The van der Waals surface area contributed by atoms with Crippen LogP contribution in [-0.4, -0.2) is 26.7 Å². The van der Waals surface area contributed by atoms with Crippen LogP contribution >= 0.6 is 11.8 Å². The van der Waals surface area contributed by atoms with Crippen LogP contribution in [0, 0.1) is 6.92 Å². The minimum atomic E-state index is -0.277. The molecule has 0 fully saturated rings. The Hall–Kier alpha value is -1.26. The number of benzene rings is 1. The second kappa shape index (κ2) is 6.78. The number of hydrogen-bond acceptors (Lipinski definition) is 3. The van der Waals surface area contributed by atoms with E-state index < -0.39 is 0 Å². The van der Waals surface area contributed by atoms with Crippen molar-refractivity contribution in [3.05, 3.63) is 47.8 Å². The van der Waals surface area contributed by atoms with E-state index in [1.165, 1.54) is 16.2 Å². The van der Waals surface area contributed by atoms with E-state index >= 15 is 0 Å². The summed E-state index contributed by atoms with van der Waals surface area (Å²) >= 11 is 1.71. The maximum Gasteiger partial charge on any atom is 0.0637 e. The summed E-state index contributed by atoms with van der Waals surface area (Å²) in [6, 6.07) is 10.4. The van der Waals surface area contributed by atoms with Crippen molar-refractivity contribution in [1.82, 2.24) is 9.78 Å². The van der Waals surface area contributed by atoms with E-state index in [1.54, 1.807) is 18.0 Å². The third-order valence-electron chi connectivity index (χ3n) is 3.12. The Bertz CT molecular complexity index is 507. The number of rotatable bonds is 6. The van der Waals surface area contributed by atoms with Gasteiger partial charge in [0.2, 0.25) is 0 Å². The minimum Gasteiger partial charge on any atom is -0.392 e. The van der Waals surface area contributed by atoms with Gasteiger partial charge in [-0.25, -0.2) is 0 Å². The molecule has 1 aromatic carbocycles. The first kappa shape index (κ1) is 14.2. The Morgan fingerprint density at radius 2 is 2.00 bits per heavy atom. The predicted molar refractivity (Wildman–Crippen MR) is 79.4 cm³/mol. The number of thioether (sulfide) groups is 1. The highest BCUT2D eigenvalue weighted by molar-refractivity contribution is 7.99. The van der Waals surface area contributed by atoms with Crippen molar-refractivity contribution in [1.29, 1.82) is 0 Å². The van der Waals surface area contributed by atoms with Crippen LogP contribution in [0.3, 0.4) is 0 Å². The number of aromatic nitrogens is 2. The molecule has 0 aliphatic rings. The van der Waals surface area contributed by atoms with Crippen LogP contribution in [0.4, 0.5) is 0 Å². The van der Waals surface area contributed by atoms with Gasteiger partial charge in [-0.15, -0.1) is 11.8 Å². The Balaban J connectivity index is 1.74. The van der Waals surface area contributed by atoms with Gasteiger partial charge in [0.25, 0.3) is 0 Å². The van der Waals surface area contributed by atoms with Crippen molar-refractivity contribution in [3.63, 3.8) is 0 Å². The Morgan fingerprint density at radius 1 is 1.26 bits per heavy atom. The number of aliphatic hydroxyl groups is 1. The van der Waals surface area contributed by atoms with E-state index in [1.807, 2.05) is 17.8 Å². The number of aryl methyl sites for hydroxylation is 3. The maximum absolute atomic E-state index is 10.0. The third kappa shape index (κ3) is 4.40. The normalized spacial score (nSPS) is 12.6. The summed E-state index contributed by atoms with van der Waals surface area (Å²) in [5.41, 5.74) is 2.43. The number of nitrogens with zero attached hydrogens (tertiary/aromatic N) is 2. The van der Waals surface area contributed by atoms with Crippen molar-refractivity contribution >= 4 is 11.8 Å². The van der Waals surface area contributed by atoms with Gasteiger partial charge < -0.3 is 5.11 Å². The lowest BCUT2D eigenvalue weighted by Gasteiger charge is -2.10. The van der Waals surface area contributed by atoms with Crippen LogP contribution in [-0.2, 0) is 13.5 Å². The van der Waals surface area contributed by atoms with Crippen LogP contribution in [0.2, 0.25) is 0 Å². The summed E-state index contributed by atoms with van der Waals surface area (Å²) in [6.07, 6.45) is 3.16. The fourth-order valence-electron chi connectivity index (χ4n) is 1.87. The fraction of sp³-hybridized carbons (Fsp3) is 0.400. The highest BCUT2D eigenvalue weighted by Gasteiger charge is 2.07. The Morgan fingerprint density at radius 3 is 2.63 bits per heavy atom. The van der Waals surface area contributed by atoms with E-state index in [2.05, 4.69) is 36.3 Å². The number of aliphatic hydroxyl groups excluding tert-OH is 1. The lowest BCUT2D eigenvalue weighted by Crippen LogP contribution is -2.12. The van der Waals surface area contributed by atoms with Gasteiger partial charge in [-0.2, -0.15) is 5.10 Å². The zero-order valence-electron chi connectivity index (χ0n) is 11.4. The lowest BCUT2D eigenvalue weighted by molar-refractivity contribution is 0.188. The molecular formula is C15H20N2OS. The van der Waals surface area contributed by atoms with Crippen LogP contribution in [0.15, 0.2) is 41.4 Å². The topological polar surface area (TPSA) is 38.1 Å². The van der Waals surface area contributed by atoms with Gasteiger partial charge in [0, 0.05) is 29.6 Å². The molecule has 1 aromatic heterocycles. The zero-order chi connectivity index (χ0) is 13.7. The zero-order valence-corrected chi connectivity index (χ0v) is 12.2. The quantitative estimate of drug-likeness (QED) is 0.825. The summed E-state index contributed by atoms with van der Waals surface area (Å²) in [5, 5.41) is 14.1. The largest absolute Gasteiger partial charge is 0.392 e. The highest BCUT2D eigenvalue weighted by atomic mass is 32.2. The first-order chi connectivity index (χ1) is 9.15. The summed E-state index contributed by atoms with van der Waals surface area (Å²) in [4.78, 5) is 1.21. The molecule has 2 aromatic rings. The Labute approximate surface area is 118 Å². The predicted octanol–water partition coefficient (Wildman–Crippen LogP) is 2.81. The second-order valence-electron chi connectivity index (χ2n) is 4.76. The third-order valence-corrected chi connectivity index (χ3v) is 4.28. The molecule has 19 heavy (non-hydrogen) atoms. The van der Waals surface area contributed by atoms with Gasteiger partial charge in [-0.1, -0.05) is 17.7 Å². The second-order valence-corrected chi connectivity index (χ2v) is 5.86. The van der Waals surface area contributed by atoms with Gasteiger partial charge in [0.15, 0.2) is 0 Å². The van der Waals surface area contributed by atoms with Gasteiger partial charge in [0.1, 0.15) is 0 Å². The maximum atomic E-state index is 10.0. The van der Waals surface area contributed by atoms with Gasteiger partial charge in [0.05, 0.1) is 6.10 Å². The monoisotopic (exact) mass is 276 g/mol. The number of hydrogen-bond donors (Lipinski definition) is 1. The molecule has 1 unspecified atom stereocenters. The van der Waals surface area contributed by atoms with E-state index in [4.69, 9.17) is 0 Å². The molecule has 1 heterocycles. The minimum absolute atomic E-state index is 0.277. The molecule has 0 bridgehead atoms. The van der Waals surface area contributed by atoms with Crippen molar-refractivity contribution < 1.29 is 5.11 Å². The van der Waals surface area contributed by atoms with E-state index in [9.17, 15) is 5.11 Å². The van der Waals surface area contributed by atoms with E-state index in [-0.39, 0.29) is 6.10 Å². The molecule has 1 N–H and O–H groups in total. The first-order valence-electron chi connectivity index (χ1n) is 6.49. The van der Waals surface area contributed by atoms with Crippen LogP contribution in [0.1, 0.15) is 17.7 Å². The highest BCUT2D eigenvalue weighted by Crippen LogP contribution is 2.20. The Kier molecular flexibility index (Phi) is 5.05. The molecule has 0 amide bonds. The molecule has 2 rings (SSSR count). The van der Waals surface area contributed by atoms with Gasteiger partial charge >= 0.3 is 0 Å². The standard InChI is InChI=1S/C15H20N2OS/c1-12-3-7-15(8-4-12)19-11-14(18)6-5-13-9-10-16-17(13)2/h3-4,7-10,14,18H,5-6,11H2,1-2H3. The van der Waals surface area contributed by atoms with Crippen molar-refractivity contribution in [2.24, 2.45) is 7.05 Å². The molecular weight excluding hydrogens is 256 g/mol. The van der Waals surface area contributed by atoms with Crippen LogP contribution < -0.4 is 0 Å². The van der Waals surface area contributed by atoms with Crippen molar-refractivity contribution in [3.8, 4) is 0 Å². The van der Waals surface area contributed by atoms with E-state index in [0.717, 1.165) is 18.6 Å². The first-order valence-corrected chi connectivity index (χ1v) is 7.48. The molecule has 1 atom stereocenters. The van der Waals surface area contributed by atoms with E-state index in [0.29, 0.717) is 0 Å². The van der Waals surface area contributed by atoms with Crippen LogP contribution in [0.5, 0.6) is 0 Å². The average Bonchev–Trinajstić information content (AvgIpc) is 2.81. The molecule has 4 heteroatoms. The summed E-state index contributed by atoms with van der Waals surface area (Å²) < 4.78 is 1.86. The summed E-state index contributed by atoms with van der Waals surface area (Å²) in [5.74, 6) is 0.737. The SMILES string of the molecule is Cc1ccc(SCC(O)CCc2ccnn2C)cc1. The van der Waals surface area contributed by atoms with Gasteiger partial charge in [-0.05, 0) is 38.0 Å². The summed E-state index contributed by atoms with van der Waals surface area (Å²) in [6.45, 7) is 2.08. The molecule has 0 aliphatic carbocycles. The summed E-state index contributed by atoms with van der Waals surface area (Å²) in [7, 11) is 1.93. The average molecular weight is 276 g/mol. The molecule has 0 radical (unpaired) electrons. The lowest BCUT2D eigenvalue weighted by atomic mass is 10.2. The van der Waals surface area contributed by atoms with Crippen LogP contribution in [0.25, 0.3) is 0 Å². The molecule has 0 saturated carbocycles. The molecule has 0 saturated heterocycles. The van der Waals surface area contributed by atoms with Crippen molar-refractivity contribution in [2.45, 2.75) is 30.8 Å². The van der Waals surface area contributed by atoms with Gasteiger partial charge in [-0.3, -0.25) is 4.68 Å². The van der Waals surface area contributed by atoms with Crippen molar-refractivity contribution in [2.75, 3.05) is 5.75 Å². The smallest absolute Gasteiger partial charge is 0.0637 e. The fourth-order valence-corrected chi connectivity index (χ4v) is 2.75. The molecule has 102 valence electrons.